The molecule has 12 heteroatoms. The van der Waals surface area contributed by atoms with Gasteiger partial charge in [-0.15, -0.1) is 0 Å². The Bertz CT molecular complexity index is 1390. The first kappa shape index (κ1) is 25.4. The first-order valence-corrected chi connectivity index (χ1v) is 11.2. The van der Waals surface area contributed by atoms with Gasteiger partial charge in [0.05, 0.1) is 35.2 Å². The molecule has 2 aromatic carbocycles. The number of halogens is 6. The predicted octanol–water partition coefficient (Wildman–Crippen LogP) is 6.89. The van der Waals surface area contributed by atoms with Gasteiger partial charge in [0.1, 0.15) is 11.3 Å². The summed E-state index contributed by atoms with van der Waals surface area (Å²) in [5.74, 6) is -0.685. The van der Waals surface area contributed by atoms with Gasteiger partial charge in [-0.2, -0.15) is 26.3 Å². The van der Waals surface area contributed by atoms with Gasteiger partial charge in [0, 0.05) is 11.8 Å². The zero-order chi connectivity index (χ0) is 26.3. The van der Waals surface area contributed by atoms with Gasteiger partial charge in [0.2, 0.25) is 0 Å². The van der Waals surface area contributed by atoms with Crippen LogP contribution >= 0.6 is 11.3 Å². The molecule has 0 fully saturated rings. The van der Waals surface area contributed by atoms with Gasteiger partial charge in [0.25, 0.3) is 5.91 Å². The molecule has 0 spiro atoms. The monoisotopic (exact) mass is 525 g/mol. The summed E-state index contributed by atoms with van der Waals surface area (Å²) in [6.45, 7) is 1.56. The molecule has 0 saturated heterocycles. The number of hydrogen-bond acceptors (Lipinski definition) is 5. The number of ether oxygens (including phenoxy) is 1. The fourth-order valence-corrected chi connectivity index (χ4v) is 4.54. The van der Waals surface area contributed by atoms with E-state index in [0.717, 1.165) is 21.8 Å². The third-order valence-electron chi connectivity index (χ3n) is 5.27. The number of hydrogen-bond donors (Lipinski definition) is 0. The molecule has 5 nitrogen and oxygen atoms in total. The van der Waals surface area contributed by atoms with E-state index in [2.05, 4.69) is 9.97 Å². The van der Waals surface area contributed by atoms with E-state index < -0.39 is 35.0 Å². The van der Waals surface area contributed by atoms with Crippen molar-refractivity contribution in [3.05, 3.63) is 82.7 Å². The average Bonchev–Trinajstić information content (AvgIpc) is 3.28. The normalized spacial score (nSPS) is 12.1. The van der Waals surface area contributed by atoms with Gasteiger partial charge >= 0.3 is 12.4 Å². The molecule has 188 valence electrons. The highest BCUT2D eigenvalue weighted by Gasteiger charge is 2.38. The van der Waals surface area contributed by atoms with Crippen molar-refractivity contribution in [1.29, 1.82) is 0 Å². The molecule has 4 aromatic rings. The molecule has 2 aromatic heterocycles. The van der Waals surface area contributed by atoms with E-state index in [1.807, 2.05) is 0 Å². The quantitative estimate of drug-likeness (QED) is 0.266. The Morgan fingerprint density at radius 2 is 1.67 bits per heavy atom. The largest absolute Gasteiger partial charge is 0.494 e. The van der Waals surface area contributed by atoms with Crippen molar-refractivity contribution in [3.8, 4) is 5.75 Å². The lowest BCUT2D eigenvalue weighted by atomic mass is 10.0. The number of anilines is 1. The maximum atomic E-state index is 13.5. The molecular formula is C24H17F6N3O2S. The van der Waals surface area contributed by atoms with E-state index in [4.69, 9.17) is 4.74 Å². The summed E-state index contributed by atoms with van der Waals surface area (Å²) >= 11 is 1.07. The third kappa shape index (κ3) is 5.13. The second-order valence-corrected chi connectivity index (χ2v) is 8.74. The van der Waals surface area contributed by atoms with E-state index in [0.29, 0.717) is 33.8 Å². The molecule has 1 amide bonds. The van der Waals surface area contributed by atoms with Crippen molar-refractivity contribution in [2.24, 2.45) is 0 Å². The minimum Gasteiger partial charge on any atom is -0.494 e. The van der Waals surface area contributed by atoms with Gasteiger partial charge in [-0.1, -0.05) is 23.5 Å². The van der Waals surface area contributed by atoms with Gasteiger partial charge in [0.15, 0.2) is 5.13 Å². The van der Waals surface area contributed by atoms with Crippen molar-refractivity contribution >= 4 is 32.6 Å². The zero-order valence-corrected chi connectivity index (χ0v) is 19.6. The van der Waals surface area contributed by atoms with Gasteiger partial charge < -0.3 is 4.74 Å². The van der Waals surface area contributed by atoms with Crippen LogP contribution in [-0.2, 0) is 18.9 Å². The van der Waals surface area contributed by atoms with Crippen molar-refractivity contribution in [2.45, 2.75) is 25.8 Å². The Morgan fingerprint density at radius 3 is 2.22 bits per heavy atom. The summed E-state index contributed by atoms with van der Waals surface area (Å²) in [6, 6.07) is 9.08. The first-order chi connectivity index (χ1) is 16.9. The molecule has 0 atom stereocenters. The zero-order valence-electron chi connectivity index (χ0n) is 18.7. The third-order valence-corrected chi connectivity index (χ3v) is 6.48. The smallest absolute Gasteiger partial charge is 0.416 e. The Balaban J connectivity index is 1.89. The molecule has 0 saturated carbocycles. The van der Waals surface area contributed by atoms with Crippen LogP contribution in [0.4, 0.5) is 31.5 Å². The number of rotatable bonds is 5. The Kier molecular flexibility index (Phi) is 6.65. The van der Waals surface area contributed by atoms with E-state index in [9.17, 15) is 31.1 Å². The summed E-state index contributed by atoms with van der Waals surface area (Å²) in [5.41, 5.74) is -2.37. The fraction of sp³-hybridized carbons (Fsp3) is 0.208. The highest BCUT2D eigenvalue weighted by molar-refractivity contribution is 7.22. The maximum absolute atomic E-state index is 13.5. The number of carbonyl (C=O) groups is 1. The topological polar surface area (TPSA) is 55.3 Å². The number of amides is 1. The Hall–Kier alpha value is -3.67. The molecule has 0 aliphatic heterocycles. The predicted molar refractivity (Wildman–Crippen MR) is 122 cm³/mol. The molecule has 36 heavy (non-hydrogen) atoms. The van der Waals surface area contributed by atoms with Crippen molar-refractivity contribution in [1.82, 2.24) is 9.97 Å². The van der Waals surface area contributed by atoms with E-state index in [1.165, 1.54) is 13.3 Å². The summed E-state index contributed by atoms with van der Waals surface area (Å²) in [6.07, 6.45) is -8.74. The Labute approximate surface area is 205 Å². The second-order valence-electron chi connectivity index (χ2n) is 7.77. The molecule has 0 unspecified atom stereocenters. The molecule has 0 aliphatic rings. The van der Waals surface area contributed by atoms with Crippen LogP contribution in [0.5, 0.6) is 5.75 Å². The van der Waals surface area contributed by atoms with Crippen molar-refractivity contribution < 1.29 is 35.9 Å². The minimum absolute atomic E-state index is 0.0220. The SMILES string of the molecule is COc1ccc(C)c2sc(N(Cc3ccccn3)C(=O)c3cc(C(F)(F)F)cc(C(F)(F)F)c3)nc12. The van der Waals surface area contributed by atoms with E-state index in [1.54, 1.807) is 37.3 Å². The van der Waals surface area contributed by atoms with Crippen molar-refractivity contribution in [3.63, 3.8) is 0 Å². The van der Waals surface area contributed by atoms with Gasteiger partial charge in [-0.25, -0.2) is 4.98 Å². The van der Waals surface area contributed by atoms with Crippen molar-refractivity contribution in [2.75, 3.05) is 12.0 Å². The summed E-state index contributed by atoms with van der Waals surface area (Å²) in [4.78, 5) is 23.1. The molecule has 0 radical (unpaired) electrons. The van der Waals surface area contributed by atoms with Crippen LogP contribution in [0.15, 0.2) is 54.7 Å². The number of methoxy groups -OCH3 is 1. The molecule has 2 heterocycles. The number of aryl methyl sites for hydroxylation is 1. The molecule has 0 bridgehead atoms. The van der Waals surface area contributed by atoms with E-state index >= 15 is 0 Å². The number of fused-ring (bicyclic) bond motifs is 1. The number of nitrogens with zero attached hydrogens (tertiary/aromatic N) is 3. The standard InChI is InChI=1S/C24H17F6N3O2S/c1-13-6-7-18(35-2)19-20(13)36-22(32-19)33(12-17-5-3-4-8-31-17)21(34)14-9-15(23(25,26)27)11-16(10-14)24(28,29)30/h3-11H,12H2,1-2H3. The van der Waals surface area contributed by atoms with Crippen LogP contribution < -0.4 is 9.64 Å². The molecular weight excluding hydrogens is 508 g/mol. The first-order valence-electron chi connectivity index (χ1n) is 10.3. The van der Waals surface area contributed by atoms with Gasteiger partial charge in [-0.3, -0.25) is 14.7 Å². The number of alkyl halides is 6. The van der Waals surface area contributed by atoms with Crippen LogP contribution in [0.3, 0.4) is 0 Å². The average molecular weight is 525 g/mol. The number of benzene rings is 2. The van der Waals surface area contributed by atoms with E-state index in [-0.39, 0.29) is 17.7 Å². The number of thiazole rings is 1. The lowest BCUT2D eigenvalue weighted by Crippen LogP contribution is -2.31. The summed E-state index contributed by atoms with van der Waals surface area (Å²) in [7, 11) is 1.43. The number of carbonyl (C=O) groups excluding carboxylic acids is 1. The van der Waals surface area contributed by atoms with Gasteiger partial charge in [-0.05, 0) is 48.9 Å². The Morgan fingerprint density at radius 1 is 1.00 bits per heavy atom. The highest BCUT2D eigenvalue weighted by Crippen LogP contribution is 2.39. The van der Waals surface area contributed by atoms with Crippen LogP contribution in [-0.4, -0.2) is 23.0 Å². The van der Waals surface area contributed by atoms with Crippen LogP contribution in [0, 0.1) is 6.92 Å². The lowest BCUT2D eigenvalue weighted by molar-refractivity contribution is -0.143. The minimum atomic E-state index is -5.09. The molecule has 0 aliphatic carbocycles. The maximum Gasteiger partial charge on any atom is 0.416 e. The summed E-state index contributed by atoms with van der Waals surface area (Å²) in [5, 5.41) is 0.0687. The molecule has 0 N–H and O–H groups in total. The molecule has 4 rings (SSSR count). The lowest BCUT2D eigenvalue weighted by Gasteiger charge is -2.21. The van der Waals surface area contributed by atoms with Crippen LogP contribution in [0.25, 0.3) is 10.2 Å². The second kappa shape index (κ2) is 9.41. The van der Waals surface area contributed by atoms with Crippen LogP contribution in [0.2, 0.25) is 0 Å². The van der Waals surface area contributed by atoms with Crippen LogP contribution in [0.1, 0.15) is 32.7 Å². The fourth-order valence-electron chi connectivity index (χ4n) is 3.49. The number of aromatic nitrogens is 2. The summed E-state index contributed by atoms with van der Waals surface area (Å²) < 4.78 is 86.4. The number of pyridine rings is 1. The highest BCUT2D eigenvalue weighted by atomic mass is 32.1.